The summed E-state index contributed by atoms with van der Waals surface area (Å²) in [5.74, 6) is -0.0495. The van der Waals surface area contributed by atoms with Gasteiger partial charge in [0.15, 0.2) is 11.5 Å². The molecule has 0 aliphatic carbocycles. The van der Waals surface area contributed by atoms with E-state index < -0.39 is 17.2 Å². The number of benzene rings is 1. The number of aliphatic hydroxyl groups excluding tert-OH is 1. The predicted molar refractivity (Wildman–Crippen MR) is 120 cm³/mol. The van der Waals surface area contributed by atoms with Gasteiger partial charge in [0.25, 0.3) is 5.56 Å². The van der Waals surface area contributed by atoms with E-state index in [9.17, 15) is 14.4 Å². The highest BCUT2D eigenvalue weighted by Gasteiger charge is 2.19. The van der Waals surface area contributed by atoms with Crippen molar-refractivity contribution >= 4 is 17.0 Å². The van der Waals surface area contributed by atoms with Crippen LogP contribution in [0, 0.1) is 6.92 Å². The molecule has 2 aliphatic heterocycles. The Labute approximate surface area is 185 Å². The SMILES string of the molecule is CC.Cc1cc2nc3c(=O)[nH]c(=O)nc-3n(CCCCCCC(=O)O)c2cc1OCCO. The van der Waals surface area contributed by atoms with Crippen LogP contribution in [0.4, 0.5) is 0 Å². The molecule has 1 aromatic rings. The van der Waals surface area contributed by atoms with Crippen molar-refractivity contribution in [1.82, 2.24) is 19.5 Å². The number of fused-ring (bicyclic) bond motifs is 2. The average Bonchev–Trinajstić information content (AvgIpc) is 2.76. The Morgan fingerprint density at radius 1 is 1.12 bits per heavy atom. The predicted octanol–water partition coefficient (Wildman–Crippen LogP) is 2.33. The standard InChI is InChI=1S/C20H24N4O6.C2H6/c1-12-10-13-14(11-15(12)30-9-8-25)24(7-5-3-2-4-6-16(26)27)18-17(21-13)19(28)23-20(29)22-18;1-2/h10-11,25H,2-9H2,1H3,(H,26,27)(H,23,28,29);1-2H3. The first kappa shape index (κ1) is 25.0. The highest BCUT2D eigenvalue weighted by molar-refractivity contribution is 5.82. The number of rotatable bonds is 10. The van der Waals surface area contributed by atoms with Crippen LogP contribution in [0.2, 0.25) is 0 Å². The van der Waals surface area contributed by atoms with Gasteiger partial charge in [0.05, 0.1) is 17.6 Å². The minimum atomic E-state index is -0.812. The summed E-state index contributed by atoms with van der Waals surface area (Å²) in [7, 11) is 0. The fourth-order valence-electron chi connectivity index (χ4n) is 3.36. The van der Waals surface area contributed by atoms with Crippen LogP contribution in [0.25, 0.3) is 22.6 Å². The lowest BCUT2D eigenvalue weighted by Crippen LogP contribution is -2.29. The maximum atomic E-state index is 12.3. The summed E-state index contributed by atoms with van der Waals surface area (Å²) in [6, 6.07) is 3.56. The smallest absolute Gasteiger partial charge is 0.349 e. The Bertz CT molecular complexity index is 1140. The summed E-state index contributed by atoms with van der Waals surface area (Å²) in [5, 5.41) is 17.8. The summed E-state index contributed by atoms with van der Waals surface area (Å²) < 4.78 is 7.37. The third kappa shape index (κ3) is 6.13. The number of aliphatic carboxylic acids is 1. The molecule has 10 nitrogen and oxygen atoms in total. The van der Waals surface area contributed by atoms with Crippen LogP contribution in [-0.4, -0.2) is 48.9 Å². The number of H-pyrrole nitrogens is 1. The summed E-state index contributed by atoms with van der Waals surface area (Å²) in [6.45, 7) is 6.33. The molecular formula is C22H30N4O6. The number of nitrogens with one attached hydrogen (secondary N) is 1. The molecule has 2 aliphatic rings. The molecule has 0 aromatic heterocycles. The molecule has 10 heteroatoms. The van der Waals surface area contributed by atoms with E-state index in [0.717, 1.165) is 18.4 Å². The second kappa shape index (κ2) is 11.9. The van der Waals surface area contributed by atoms with Crippen molar-refractivity contribution in [3.63, 3.8) is 0 Å². The van der Waals surface area contributed by atoms with Crippen LogP contribution >= 0.6 is 0 Å². The average molecular weight is 447 g/mol. The number of aryl methyl sites for hydroxylation is 2. The van der Waals surface area contributed by atoms with E-state index >= 15 is 0 Å². The number of carbonyl (C=O) groups is 1. The van der Waals surface area contributed by atoms with Gasteiger partial charge < -0.3 is 19.5 Å². The van der Waals surface area contributed by atoms with Crippen molar-refractivity contribution in [3.8, 4) is 17.3 Å². The molecule has 174 valence electrons. The lowest BCUT2D eigenvalue weighted by molar-refractivity contribution is -0.137. The van der Waals surface area contributed by atoms with Crippen LogP contribution in [0.5, 0.6) is 5.75 Å². The van der Waals surface area contributed by atoms with Crippen LogP contribution in [0.1, 0.15) is 51.5 Å². The largest absolute Gasteiger partial charge is 0.491 e. The van der Waals surface area contributed by atoms with E-state index in [1.54, 1.807) is 16.7 Å². The Kier molecular flexibility index (Phi) is 9.33. The summed E-state index contributed by atoms with van der Waals surface area (Å²) >= 11 is 0. The lowest BCUT2D eigenvalue weighted by atomic mass is 10.1. The van der Waals surface area contributed by atoms with Gasteiger partial charge in [-0.05, 0) is 31.4 Å². The van der Waals surface area contributed by atoms with Crippen molar-refractivity contribution in [3.05, 3.63) is 38.5 Å². The van der Waals surface area contributed by atoms with E-state index in [-0.39, 0.29) is 31.2 Å². The minimum absolute atomic E-state index is 0.0800. The normalized spacial score (nSPS) is 10.8. The summed E-state index contributed by atoms with van der Waals surface area (Å²) in [4.78, 5) is 45.3. The maximum absolute atomic E-state index is 12.3. The minimum Gasteiger partial charge on any atom is -0.491 e. The van der Waals surface area contributed by atoms with Gasteiger partial charge in [0, 0.05) is 19.0 Å². The van der Waals surface area contributed by atoms with E-state index in [4.69, 9.17) is 14.9 Å². The molecule has 0 bridgehead atoms. The third-order valence-electron chi connectivity index (χ3n) is 4.78. The van der Waals surface area contributed by atoms with Gasteiger partial charge in [-0.25, -0.2) is 9.78 Å². The van der Waals surface area contributed by atoms with Gasteiger partial charge in [-0.15, -0.1) is 0 Å². The van der Waals surface area contributed by atoms with Crippen molar-refractivity contribution in [2.75, 3.05) is 13.2 Å². The fraction of sp³-hybridized carbons (Fsp3) is 0.500. The van der Waals surface area contributed by atoms with E-state index in [0.29, 0.717) is 36.2 Å². The number of carboxylic acid groups (broad SMARTS) is 1. The highest BCUT2D eigenvalue weighted by atomic mass is 16.5. The zero-order chi connectivity index (χ0) is 23.7. The zero-order valence-corrected chi connectivity index (χ0v) is 18.7. The Hall–Kier alpha value is -3.27. The van der Waals surface area contributed by atoms with Crippen molar-refractivity contribution < 1.29 is 19.7 Å². The number of unbranched alkanes of at least 4 members (excludes halogenated alkanes) is 3. The maximum Gasteiger partial charge on any atom is 0.349 e. The van der Waals surface area contributed by atoms with Crippen LogP contribution in [-0.2, 0) is 11.3 Å². The number of ether oxygens (including phenoxy) is 1. The van der Waals surface area contributed by atoms with Crippen LogP contribution < -0.4 is 16.0 Å². The first-order chi connectivity index (χ1) is 15.4. The molecule has 32 heavy (non-hydrogen) atoms. The number of aromatic nitrogens is 4. The fourth-order valence-corrected chi connectivity index (χ4v) is 3.36. The molecule has 0 atom stereocenters. The van der Waals surface area contributed by atoms with E-state index in [1.165, 1.54) is 0 Å². The molecule has 0 saturated carbocycles. The first-order valence-corrected chi connectivity index (χ1v) is 10.8. The summed E-state index contributed by atoms with van der Waals surface area (Å²) in [6.07, 6.45) is 2.99. The number of carboxylic acids is 1. The van der Waals surface area contributed by atoms with Crippen LogP contribution in [0.3, 0.4) is 0 Å². The Morgan fingerprint density at radius 2 is 1.84 bits per heavy atom. The van der Waals surface area contributed by atoms with Gasteiger partial charge in [-0.1, -0.05) is 26.7 Å². The molecule has 0 amide bonds. The molecule has 1 aromatic carbocycles. The zero-order valence-electron chi connectivity index (χ0n) is 18.7. The van der Waals surface area contributed by atoms with Gasteiger partial charge in [0.1, 0.15) is 12.4 Å². The second-order valence-electron chi connectivity index (χ2n) is 7.04. The number of nitrogens with zero attached hydrogens (tertiary/aromatic N) is 3. The Balaban J connectivity index is 0.00000176. The highest BCUT2D eigenvalue weighted by Crippen LogP contribution is 2.28. The second-order valence-corrected chi connectivity index (χ2v) is 7.04. The molecule has 0 fully saturated rings. The number of aromatic amines is 1. The molecule has 3 rings (SSSR count). The van der Waals surface area contributed by atoms with Gasteiger partial charge in [-0.3, -0.25) is 14.6 Å². The number of hydrogen-bond donors (Lipinski definition) is 3. The topological polar surface area (TPSA) is 147 Å². The van der Waals surface area contributed by atoms with Crippen LogP contribution in [0.15, 0.2) is 21.7 Å². The van der Waals surface area contributed by atoms with Gasteiger partial charge in [-0.2, -0.15) is 4.98 Å². The summed E-state index contributed by atoms with van der Waals surface area (Å²) in [5.41, 5.74) is 0.759. The van der Waals surface area contributed by atoms with E-state index in [2.05, 4.69) is 15.0 Å². The van der Waals surface area contributed by atoms with E-state index in [1.807, 2.05) is 20.8 Å². The molecule has 0 radical (unpaired) electrons. The molecule has 2 heterocycles. The van der Waals surface area contributed by atoms with Crippen molar-refractivity contribution in [2.45, 2.75) is 59.4 Å². The molecule has 0 saturated heterocycles. The van der Waals surface area contributed by atoms with Crippen molar-refractivity contribution in [2.24, 2.45) is 0 Å². The molecule has 0 spiro atoms. The monoisotopic (exact) mass is 446 g/mol. The van der Waals surface area contributed by atoms with Gasteiger partial charge in [0.2, 0.25) is 0 Å². The van der Waals surface area contributed by atoms with Gasteiger partial charge >= 0.3 is 11.7 Å². The Morgan fingerprint density at radius 3 is 2.53 bits per heavy atom. The quantitative estimate of drug-likeness (QED) is 0.317. The number of hydrogen-bond acceptors (Lipinski definition) is 7. The first-order valence-electron chi connectivity index (χ1n) is 10.8. The molecule has 3 N–H and O–H groups in total. The molecule has 0 unspecified atom stereocenters. The van der Waals surface area contributed by atoms with Crippen molar-refractivity contribution in [1.29, 1.82) is 0 Å². The third-order valence-corrected chi connectivity index (χ3v) is 4.78. The number of aliphatic hydroxyl groups is 1. The lowest BCUT2D eigenvalue weighted by Gasteiger charge is -2.18. The molecular weight excluding hydrogens is 416 g/mol.